The Morgan fingerprint density at radius 1 is 1.35 bits per heavy atom. The maximum atomic E-state index is 12.2. The van der Waals surface area contributed by atoms with Gasteiger partial charge in [-0.2, -0.15) is 0 Å². The SMILES string of the molecule is CC(C)(C)OC(=O)NC1(C(=O)Nc2cccnc2)CC1. The lowest BCUT2D eigenvalue weighted by Gasteiger charge is -2.23. The molecule has 1 saturated carbocycles. The minimum Gasteiger partial charge on any atom is -0.444 e. The van der Waals surface area contributed by atoms with Gasteiger partial charge in [-0.05, 0) is 45.7 Å². The molecule has 2 rings (SSSR count). The Kier molecular flexibility index (Phi) is 3.65. The molecule has 1 heterocycles. The molecule has 1 aliphatic rings. The molecular weight excluding hydrogens is 258 g/mol. The number of nitrogens with zero attached hydrogens (tertiary/aromatic N) is 1. The van der Waals surface area contributed by atoms with Crippen molar-refractivity contribution < 1.29 is 14.3 Å². The first kappa shape index (κ1) is 14.3. The molecule has 0 aromatic carbocycles. The number of alkyl carbamates (subject to hydrolysis) is 1. The fourth-order valence-electron chi connectivity index (χ4n) is 1.72. The van der Waals surface area contributed by atoms with Crippen LogP contribution < -0.4 is 10.6 Å². The highest BCUT2D eigenvalue weighted by Crippen LogP contribution is 2.36. The van der Waals surface area contributed by atoms with E-state index in [4.69, 9.17) is 4.74 Å². The van der Waals surface area contributed by atoms with E-state index in [-0.39, 0.29) is 5.91 Å². The van der Waals surface area contributed by atoms with Gasteiger partial charge in [-0.1, -0.05) is 0 Å². The molecule has 108 valence electrons. The summed E-state index contributed by atoms with van der Waals surface area (Å²) in [6.07, 6.45) is 3.83. The van der Waals surface area contributed by atoms with Gasteiger partial charge in [-0.25, -0.2) is 4.79 Å². The number of carbonyl (C=O) groups excluding carboxylic acids is 2. The van der Waals surface area contributed by atoms with E-state index in [1.807, 2.05) is 0 Å². The van der Waals surface area contributed by atoms with Crippen LogP contribution in [-0.4, -0.2) is 28.1 Å². The van der Waals surface area contributed by atoms with E-state index in [2.05, 4.69) is 15.6 Å². The average Bonchev–Trinajstić information content (AvgIpc) is 3.08. The number of hydrogen-bond donors (Lipinski definition) is 2. The van der Waals surface area contributed by atoms with Gasteiger partial charge in [-0.15, -0.1) is 0 Å². The van der Waals surface area contributed by atoms with Crippen molar-refractivity contribution in [3.8, 4) is 0 Å². The summed E-state index contributed by atoms with van der Waals surface area (Å²) in [6.45, 7) is 5.34. The summed E-state index contributed by atoms with van der Waals surface area (Å²) in [7, 11) is 0. The van der Waals surface area contributed by atoms with Crippen LogP contribution in [0.25, 0.3) is 0 Å². The predicted molar refractivity (Wildman–Crippen MR) is 74.2 cm³/mol. The summed E-state index contributed by atoms with van der Waals surface area (Å²) in [5.41, 5.74) is -0.826. The van der Waals surface area contributed by atoms with Crippen molar-refractivity contribution in [1.82, 2.24) is 10.3 Å². The number of aromatic nitrogens is 1. The second kappa shape index (κ2) is 5.11. The van der Waals surface area contributed by atoms with Crippen molar-refractivity contribution in [2.24, 2.45) is 0 Å². The van der Waals surface area contributed by atoms with Gasteiger partial charge in [-0.3, -0.25) is 9.78 Å². The summed E-state index contributed by atoms with van der Waals surface area (Å²) in [6, 6.07) is 3.48. The topological polar surface area (TPSA) is 80.3 Å². The zero-order chi connectivity index (χ0) is 14.8. The van der Waals surface area contributed by atoms with E-state index in [1.165, 1.54) is 0 Å². The van der Waals surface area contributed by atoms with Crippen LogP contribution in [-0.2, 0) is 9.53 Å². The Bertz CT molecular complexity index is 504. The highest BCUT2D eigenvalue weighted by atomic mass is 16.6. The maximum Gasteiger partial charge on any atom is 0.408 e. The Morgan fingerprint density at radius 3 is 2.55 bits per heavy atom. The van der Waals surface area contributed by atoms with E-state index in [0.717, 1.165) is 0 Å². The van der Waals surface area contributed by atoms with E-state index in [0.29, 0.717) is 18.5 Å². The van der Waals surface area contributed by atoms with Crippen molar-refractivity contribution in [3.63, 3.8) is 0 Å². The highest BCUT2D eigenvalue weighted by molar-refractivity contribution is 6.02. The van der Waals surface area contributed by atoms with Gasteiger partial charge in [0, 0.05) is 6.20 Å². The lowest BCUT2D eigenvalue weighted by Crippen LogP contribution is -2.47. The second-order valence-electron chi connectivity index (χ2n) is 5.90. The average molecular weight is 277 g/mol. The molecule has 6 heteroatoms. The Balaban J connectivity index is 1.94. The summed E-state index contributed by atoms with van der Waals surface area (Å²) in [4.78, 5) is 27.9. The molecule has 0 radical (unpaired) electrons. The number of pyridine rings is 1. The number of nitrogens with one attached hydrogen (secondary N) is 2. The van der Waals surface area contributed by atoms with Crippen molar-refractivity contribution in [2.75, 3.05) is 5.32 Å². The smallest absolute Gasteiger partial charge is 0.408 e. The first-order valence-electron chi connectivity index (χ1n) is 6.53. The summed E-state index contributed by atoms with van der Waals surface area (Å²) in [5, 5.41) is 5.39. The van der Waals surface area contributed by atoms with Gasteiger partial charge in [0.15, 0.2) is 0 Å². The van der Waals surface area contributed by atoms with Crippen LogP contribution in [0.4, 0.5) is 10.5 Å². The molecule has 0 atom stereocenters. The van der Waals surface area contributed by atoms with Gasteiger partial charge in [0.25, 0.3) is 0 Å². The number of amides is 2. The van der Waals surface area contributed by atoms with Crippen LogP contribution in [0.15, 0.2) is 24.5 Å². The third-order valence-corrected chi connectivity index (χ3v) is 2.84. The van der Waals surface area contributed by atoms with E-state index in [1.54, 1.807) is 45.3 Å². The fourth-order valence-corrected chi connectivity index (χ4v) is 1.72. The summed E-state index contributed by atoms with van der Waals surface area (Å²) < 4.78 is 5.17. The molecule has 6 nitrogen and oxygen atoms in total. The van der Waals surface area contributed by atoms with Crippen LogP contribution in [0, 0.1) is 0 Å². The standard InChI is InChI=1S/C14H19N3O3/c1-13(2,3)20-12(19)17-14(6-7-14)11(18)16-10-5-4-8-15-9-10/h4-5,8-9H,6-7H2,1-3H3,(H,16,18)(H,17,19). The number of rotatable bonds is 3. The summed E-state index contributed by atoms with van der Waals surface area (Å²) >= 11 is 0. The van der Waals surface area contributed by atoms with Gasteiger partial charge < -0.3 is 15.4 Å². The van der Waals surface area contributed by atoms with Crippen molar-refractivity contribution >= 4 is 17.7 Å². The van der Waals surface area contributed by atoms with Crippen LogP contribution in [0.5, 0.6) is 0 Å². The monoisotopic (exact) mass is 277 g/mol. The van der Waals surface area contributed by atoms with Gasteiger partial charge in [0.2, 0.25) is 5.91 Å². The molecule has 1 aromatic heterocycles. The van der Waals surface area contributed by atoms with Gasteiger partial charge >= 0.3 is 6.09 Å². The van der Waals surface area contributed by atoms with Crippen molar-refractivity contribution in [2.45, 2.75) is 44.8 Å². The molecule has 0 spiro atoms. The number of anilines is 1. The van der Waals surface area contributed by atoms with Crippen LogP contribution >= 0.6 is 0 Å². The quantitative estimate of drug-likeness (QED) is 0.886. The molecule has 1 aromatic rings. The predicted octanol–water partition coefficient (Wildman–Crippen LogP) is 2.08. The highest BCUT2D eigenvalue weighted by Gasteiger charge is 2.52. The van der Waals surface area contributed by atoms with E-state index < -0.39 is 17.2 Å². The molecule has 1 fully saturated rings. The molecule has 0 bridgehead atoms. The van der Waals surface area contributed by atoms with E-state index >= 15 is 0 Å². The molecule has 0 unspecified atom stereocenters. The lowest BCUT2D eigenvalue weighted by atomic mass is 10.2. The van der Waals surface area contributed by atoms with E-state index in [9.17, 15) is 9.59 Å². The van der Waals surface area contributed by atoms with Crippen molar-refractivity contribution in [1.29, 1.82) is 0 Å². The van der Waals surface area contributed by atoms with Gasteiger partial charge in [0.1, 0.15) is 11.1 Å². The Labute approximate surface area is 117 Å². The minimum atomic E-state index is -0.849. The largest absolute Gasteiger partial charge is 0.444 e. The summed E-state index contributed by atoms with van der Waals surface area (Å²) in [5.74, 6) is -0.239. The minimum absolute atomic E-state index is 0.239. The van der Waals surface area contributed by atoms with Gasteiger partial charge in [0.05, 0.1) is 11.9 Å². The molecule has 0 saturated heterocycles. The molecule has 0 aliphatic heterocycles. The zero-order valence-electron chi connectivity index (χ0n) is 11.9. The maximum absolute atomic E-state index is 12.2. The number of hydrogen-bond acceptors (Lipinski definition) is 4. The lowest BCUT2D eigenvalue weighted by molar-refractivity contribution is -0.119. The Hall–Kier alpha value is -2.11. The number of ether oxygens (including phenoxy) is 1. The third-order valence-electron chi connectivity index (χ3n) is 2.84. The molecule has 1 aliphatic carbocycles. The molecule has 20 heavy (non-hydrogen) atoms. The molecule has 2 N–H and O–H groups in total. The van der Waals surface area contributed by atoms with Crippen LogP contribution in [0.2, 0.25) is 0 Å². The van der Waals surface area contributed by atoms with Crippen LogP contribution in [0.1, 0.15) is 33.6 Å². The fraction of sp³-hybridized carbons (Fsp3) is 0.500. The molecular formula is C14H19N3O3. The zero-order valence-corrected chi connectivity index (χ0v) is 11.9. The first-order valence-corrected chi connectivity index (χ1v) is 6.53. The first-order chi connectivity index (χ1) is 9.31. The molecule has 2 amide bonds. The third kappa shape index (κ3) is 3.69. The van der Waals surface area contributed by atoms with Crippen molar-refractivity contribution in [3.05, 3.63) is 24.5 Å². The second-order valence-corrected chi connectivity index (χ2v) is 5.90. The normalized spacial score (nSPS) is 16.1. The Morgan fingerprint density at radius 2 is 2.05 bits per heavy atom. The number of carbonyl (C=O) groups is 2. The van der Waals surface area contributed by atoms with Crippen LogP contribution in [0.3, 0.4) is 0 Å².